The van der Waals surface area contributed by atoms with E-state index in [4.69, 9.17) is 32.8 Å². The molecule has 0 radical (unpaired) electrons. The van der Waals surface area contributed by atoms with Gasteiger partial charge in [-0.05, 0) is 45.1 Å². The zero-order chi connectivity index (χ0) is 30.7. The van der Waals surface area contributed by atoms with Gasteiger partial charge in [0.2, 0.25) is 5.91 Å². The zero-order valence-electron chi connectivity index (χ0n) is 24.2. The van der Waals surface area contributed by atoms with Crippen molar-refractivity contribution in [1.29, 1.82) is 0 Å². The molecule has 2 aromatic carbocycles. The number of hydroxylamine groups is 1. The first-order valence-electron chi connectivity index (χ1n) is 13.9. The summed E-state index contributed by atoms with van der Waals surface area (Å²) in [4.78, 5) is 31.5. The van der Waals surface area contributed by atoms with Crippen LogP contribution >= 0.6 is 23.2 Å². The molecule has 3 aromatic rings. The topological polar surface area (TPSA) is 95.1 Å². The maximum absolute atomic E-state index is 15.0. The molecule has 3 heterocycles. The minimum absolute atomic E-state index is 0.131. The second kappa shape index (κ2) is 13.3. The van der Waals surface area contributed by atoms with E-state index < -0.39 is 11.9 Å². The van der Waals surface area contributed by atoms with Crippen LogP contribution in [0.4, 0.5) is 33.1 Å². The molecule has 2 aliphatic heterocycles. The van der Waals surface area contributed by atoms with Crippen LogP contribution in [0.1, 0.15) is 30.9 Å². The van der Waals surface area contributed by atoms with Crippen molar-refractivity contribution in [3.63, 3.8) is 0 Å². The van der Waals surface area contributed by atoms with Gasteiger partial charge in [-0.3, -0.25) is 9.63 Å². The van der Waals surface area contributed by atoms with E-state index in [1.807, 2.05) is 12.1 Å². The molecule has 1 aromatic heterocycles. The lowest BCUT2D eigenvalue weighted by atomic mass is 10.0. The summed E-state index contributed by atoms with van der Waals surface area (Å²) in [5, 5.41) is 7.78. The Morgan fingerprint density at radius 3 is 2.63 bits per heavy atom. The molecule has 228 valence electrons. The number of halogens is 3. The number of piperidine rings is 1. The van der Waals surface area contributed by atoms with Crippen LogP contribution in [0, 0.1) is 5.82 Å². The first-order chi connectivity index (χ1) is 20.7. The average molecular weight is 631 g/mol. The summed E-state index contributed by atoms with van der Waals surface area (Å²) in [6.45, 7) is 5.63. The monoisotopic (exact) mass is 629 g/mol. The molecule has 0 unspecified atom stereocenters. The predicted octanol–water partition coefficient (Wildman–Crippen LogP) is 6.21. The first-order valence-corrected chi connectivity index (χ1v) is 14.7. The maximum atomic E-state index is 15.0. The Bertz CT molecular complexity index is 1500. The summed E-state index contributed by atoms with van der Waals surface area (Å²) < 4.78 is 20.8. The number of hydrogen-bond donors (Lipinski definition) is 2. The van der Waals surface area contributed by atoms with E-state index in [2.05, 4.69) is 51.1 Å². The Morgan fingerprint density at radius 2 is 1.93 bits per heavy atom. The van der Waals surface area contributed by atoms with Crippen LogP contribution in [-0.2, 0) is 9.63 Å². The van der Waals surface area contributed by atoms with Gasteiger partial charge in [-0.2, -0.15) is 0 Å². The molecule has 2 N–H and O–H groups in total. The van der Waals surface area contributed by atoms with Crippen LogP contribution in [-0.4, -0.2) is 67.7 Å². The van der Waals surface area contributed by atoms with Crippen LogP contribution in [0.25, 0.3) is 0 Å². The van der Waals surface area contributed by atoms with E-state index in [0.29, 0.717) is 53.4 Å². The quantitative estimate of drug-likeness (QED) is 0.211. The van der Waals surface area contributed by atoms with Crippen LogP contribution in [0.5, 0.6) is 5.75 Å². The molecule has 2 fully saturated rings. The Balaban J connectivity index is 1.43. The van der Waals surface area contributed by atoms with Gasteiger partial charge in [0.25, 0.3) is 0 Å². The molecule has 0 spiro atoms. The third kappa shape index (κ3) is 6.65. The van der Waals surface area contributed by atoms with Crippen molar-refractivity contribution >= 4 is 57.8 Å². The Morgan fingerprint density at radius 1 is 1.16 bits per heavy atom. The summed E-state index contributed by atoms with van der Waals surface area (Å²) in [5.74, 6) is 0.510. The fraction of sp³-hybridized carbons (Fsp3) is 0.367. The third-order valence-electron chi connectivity index (χ3n) is 7.77. The number of nitrogens with zero attached hydrogens (tertiary/aromatic N) is 5. The van der Waals surface area contributed by atoms with Gasteiger partial charge in [-0.25, -0.2) is 19.4 Å². The predicted molar refractivity (Wildman–Crippen MR) is 168 cm³/mol. The smallest absolute Gasteiger partial charge is 0.247 e. The minimum Gasteiger partial charge on any atom is -0.494 e. The van der Waals surface area contributed by atoms with Gasteiger partial charge in [0.05, 0.1) is 46.9 Å². The van der Waals surface area contributed by atoms with Gasteiger partial charge in [0.15, 0.2) is 5.82 Å². The number of nitrogens with one attached hydrogen (secondary N) is 2. The lowest BCUT2D eigenvalue weighted by molar-refractivity contribution is -0.111. The summed E-state index contributed by atoms with van der Waals surface area (Å²) >= 11 is 12.1. The fourth-order valence-electron chi connectivity index (χ4n) is 5.45. The number of ether oxygens (including phenoxy) is 1. The first kappa shape index (κ1) is 30.8. The fourth-order valence-corrected chi connectivity index (χ4v) is 5.77. The molecule has 10 nitrogen and oxygen atoms in total. The highest BCUT2D eigenvalue weighted by Crippen LogP contribution is 2.41. The van der Waals surface area contributed by atoms with E-state index in [-0.39, 0.29) is 16.0 Å². The lowest BCUT2D eigenvalue weighted by Crippen LogP contribution is -2.42. The lowest BCUT2D eigenvalue weighted by Gasteiger charge is -2.37. The number of benzene rings is 2. The molecule has 0 saturated carbocycles. The van der Waals surface area contributed by atoms with Gasteiger partial charge >= 0.3 is 0 Å². The molecular weight excluding hydrogens is 596 g/mol. The highest BCUT2D eigenvalue weighted by atomic mass is 35.5. The number of amides is 1. The maximum Gasteiger partial charge on any atom is 0.247 e. The Hall–Kier alpha value is -3.64. The number of aromatic nitrogens is 2. The third-order valence-corrected chi connectivity index (χ3v) is 8.55. The van der Waals surface area contributed by atoms with Crippen LogP contribution < -0.4 is 25.3 Å². The number of hydrogen-bond acceptors (Lipinski definition) is 9. The highest BCUT2D eigenvalue weighted by Gasteiger charge is 2.32. The second-order valence-corrected chi connectivity index (χ2v) is 11.3. The largest absolute Gasteiger partial charge is 0.494 e. The van der Waals surface area contributed by atoms with E-state index in [9.17, 15) is 4.79 Å². The molecule has 2 saturated heterocycles. The number of anilines is 5. The molecular formula is C30H34Cl2FN7O3. The molecule has 1 atom stereocenters. The van der Waals surface area contributed by atoms with E-state index in [1.165, 1.54) is 12.4 Å². The van der Waals surface area contributed by atoms with E-state index in [0.717, 1.165) is 31.6 Å². The van der Waals surface area contributed by atoms with Crippen molar-refractivity contribution in [3.05, 3.63) is 70.7 Å². The second-order valence-electron chi connectivity index (χ2n) is 10.6. The standard InChI is InChI=1S/C30H34Cl2FN7O3/c1-5-28(41)37-21-14-22(25(42-4)15-24(21)39-11-8-18(9-12-39)38(2)3)36-26-16-27(35-17-34-26)40-23(10-13-43-40)19-6-7-20(31)29(32)30(19)33/h5-7,14-18,23H,1,8-13H2,2-4H3,(H,37,41)(H,34,35,36)/t23-/m1/s1. The summed E-state index contributed by atoms with van der Waals surface area (Å²) in [5.41, 5.74) is 2.40. The summed E-state index contributed by atoms with van der Waals surface area (Å²) in [6.07, 6.45) is 5.14. The Kier molecular flexibility index (Phi) is 9.55. The van der Waals surface area contributed by atoms with Crippen molar-refractivity contribution in [1.82, 2.24) is 14.9 Å². The molecule has 0 bridgehead atoms. The molecule has 0 aliphatic carbocycles. The number of carbonyl (C=O) groups excluding carboxylic acids is 1. The van der Waals surface area contributed by atoms with Crippen molar-refractivity contribution < 1.29 is 18.8 Å². The van der Waals surface area contributed by atoms with E-state index in [1.54, 1.807) is 30.4 Å². The number of carbonyl (C=O) groups is 1. The summed E-state index contributed by atoms with van der Waals surface area (Å²) in [6, 6.07) is 8.62. The normalized spacial score (nSPS) is 17.3. The molecule has 2 aliphatic rings. The summed E-state index contributed by atoms with van der Waals surface area (Å²) in [7, 11) is 5.78. The van der Waals surface area contributed by atoms with Crippen molar-refractivity contribution in [2.75, 3.05) is 61.5 Å². The van der Waals surface area contributed by atoms with Crippen molar-refractivity contribution in [2.24, 2.45) is 0 Å². The molecule has 1 amide bonds. The van der Waals surface area contributed by atoms with Crippen molar-refractivity contribution in [2.45, 2.75) is 31.3 Å². The Labute approximate surface area is 260 Å². The van der Waals surface area contributed by atoms with Crippen LogP contribution in [0.2, 0.25) is 10.0 Å². The number of methoxy groups -OCH3 is 1. The zero-order valence-corrected chi connectivity index (χ0v) is 25.8. The van der Waals surface area contributed by atoms with Gasteiger partial charge in [-0.15, -0.1) is 0 Å². The number of rotatable bonds is 9. The minimum atomic E-state index is -0.591. The highest BCUT2D eigenvalue weighted by molar-refractivity contribution is 6.42. The van der Waals surface area contributed by atoms with Crippen LogP contribution in [0.15, 0.2) is 49.3 Å². The van der Waals surface area contributed by atoms with Crippen LogP contribution in [0.3, 0.4) is 0 Å². The SMILES string of the molecule is C=CC(=O)Nc1cc(Nc2cc(N3OCC[C@@H]3c3ccc(Cl)c(Cl)c3F)ncn2)c(OC)cc1N1CCC(N(C)C)CC1. The van der Waals surface area contributed by atoms with Gasteiger partial charge in [0, 0.05) is 43.2 Å². The van der Waals surface area contributed by atoms with Gasteiger partial charge in [-0.1, -0.05) is 35.8 Å². The average Bonchev–Trinajstić information content (AvgIpc) is 3.50. The van der Waals surface area contributed by atoms with Crippen molar-refractivity contribution in [3.8, 4) is 5.75 Å². The van der Waals surface area contributed by atoms with Gasteiger partial charge < -0.3 is 25.2 Å². The molecule has 5 rings (SSSR count). The molecule has 13 heteroatoms. The van der Waals surface area contributed by atoms with Gasteiger partial charge in [0.1, 0.15) is 23.7 Å². The molecule has 43 heavy (non-hydrogen) atoms. The van der Waals surface area contributed by atoms with E-state index >= 15 is 4.39 Å².